The van der Waals surface area contributed by atoms with E-state index in [1.807, 2.05) is 44.2 Å². The number of benzene rings is 2. The van der Waals surface area contributed by atoms with Crippen molar-refractivity contribution < 1.29 is 9.59 Å². The number of rotatable bonds is 9. The second-order valence-corrected chi connectivity index (χ2v) is 6.96. The first kappa shape index (κ1) is 20.8. The summed E-state index contributed by atoms with van der Waals surface area (Å²) in [6.45, 7) is 5.29. The highest BCUT2D eigenvalue weighted by atomic mass is 32.2. The molecule has 4 nitrogen and oxygen atoms in total. The molecule has 0 aromatic heterocycles. The van der Waals surface area contributed by atoms with Gasteiger partial charge in [-0.05, 0) is 43.7 Å². The summed E-state index contributed by atoms with van der Waals surface area (Å²) in [7, 11) is 0. The predicted molar refractivity (Wildman–Crippen MR) is 115 cm³/mol. The molecule has 0 spiro atoms. The molecule has 1 N–H and O–H groups in total. The lowest BCUT2D eigenvalue weighted by molar-refractivity contribution is -0.113. The SMILES string of the molecule is CCN(CC)C(=O)c1ccc(NC(=O)CSC/C=C/c2ccccc2)cc1. The van der Waals surface area contributed by atoms with Gasteiger partial charge in [-0.25, -0.2) is 0 Å². The summed E-state index contributed by atoms with van der Waals surface area (Å²) < 4.78 is 0. The van der Waals surface area contributed by atoms with Crippen LogP contribution in [0.4, 0.5) is 5.69 Å². The fourth-order valence-corrected chi connectivity index (χ4v) is 3.16. The fraction of sp³-hybridized carbons (Fsp3) is 0.273. The maximum Gasteiger partial charge on any atom is 0.253 e. The van der Waals surface area contributed by atoms with E-state index in [1.165, 1.54) is 0 Å². The average molecular weight is 383 g/mol. The van der Waals surface area contributed by atoms with Crippen molar-refractivity contribution in [3.8, 4) is 0 Å². The van der Waals surface area contributed by atoms with Crippen molar-refractivity contribution in [3.63, 3.8) is 0 Å². The van der Waals surface area contributed by atoms with Gasteiger partial charge in [0.25, 0.3) is 5.91 Å². The third-order valence-corrected chi connectivity index (χ3v) is 4.92. The number of hydrogen-bond donors (Lipinski definition) is 1. The first-order valence-electron chi connectivity index (χ1n) is 9.12. The second kappa shape index (κ2) is 11.2. The van der Waals surface area contributed by atoms with Crippen LogP contribution in [-0.2, 0) is 4.79 Å². The molecule has 142 valence electrons. The van der Waals surface area contributed by atoms with E-state index in [2.05, 4.69) is 17.5 Å². The van der Waals surface area contributed by atoms with Gasteiger partial charge in [0.15, 0.2) is 0 Å². The largest absolute Gasteiger partial charge is 0.339 e. The zero-order valence-corrected chi connectivity index (χ0v) is 16.7. The van der Waals surface area contributed by atoms with E-state index in [0.29, 0.717) is 30.1 Å². The quantitative estimate of drug-likeness (QED) is 0.647. The van der Waals surface area contributed by atoms with Gasteiger partial charge in [-0.3, -0.25) is 9.59 Å². The summed E-state index contributed by atoms with van der Waals surface area (Å²) in [6, 6.07) is 17.1. The Kier molecular flexibility index (Phi) is 8.65. The normalized spacial score (nSPS) is 10.7. The molecular weight excluding hydrogens is 356 g/mol. The van der Waals surface area contributed by atoms with Crippen LogP contribution in [0.5, 0.6) is 0 Å². The maximum absolute atomic E-state index is 12.3. The molecule has 2 rings (SSSR count). The van der Waals surface area contributed by atoms with E-state index in [1.54, 1.807) is 40.9 Å². The molecule has 0 aliphatic heterocycles. The summed E-state index contributed by atoms with van der Waals surface area (Å²) in [4.78, 5) is 26.1. The van der Waals surface area contributed by atoms with Crippen molar-refractivity contribution in [1.82, 2.24) is 4.90 Å². The number of hydrogen-bond acceptors (Lipinski definition) is 3. The van der Waals surface area contributed by atoms with E-state index >= 15 is 0 Å². The molecule has 5 heteroatoms. The van der Waals surface area contributed by atoms with Crippen LogP contribution in [0.15, 0.2) is 60.7 Å². The Hall–Kier alpha value is -2.53. The monoisotopic (exact) mass is 382 g/mol. The van der Waals surface area contributed by atoms with E-state index in [-0.39, 0.29) is 11.8 Å². The van der Waals surface area contributed by atoms with Crippen molar-refractivity contribution in [2.24, 2.45) is 0 Å². The van der Waals surface area contributed by atoms with Crippen molar-refractivity contribution in [3.05, 3.63) is 71.8 Å². The Balaban J connectivity index is 1.75. The number of thioether (sulfide) groups is 1. The van der Waals surface area contributed by atoms with Crippen LogP contribution < -0.4 is 5.32 Å². The zero-order valence-electron chi connectivity index (χ0n) is 15.9. The van der Waals surface area contributed by atoms with Gasteiger partial charge in [0.1, 0.15) is 0 Å². The molecule has 0 aliphatic carbocycles. The molecule has 2 aromatic carbocycles. The van der Waals surface area contributed by atoms with Gasteiger partial charge in [-0.15, -0.1) is 11.8 Å². The number of anilines is 1. The Morgan fingerprint density at radius 2 is 1.67 bits per heavy atom. The fourth-order valence-electron chi connectivity index (χ4n) is 2.55. The first-order chi connectivity index (χ1) is 13.1. The summed E-state index contributed by atoms with van der Waals surface area (Å²) in [5.74, 6) is 1.13. The van der Waals surface area contributed by atoms with Gasteiger partial charge in [0.2, 0.25) is 5.91 Å². The maximum atomic E-state index is 12.3. The van der Waals surface area contributed by atoms with Gasteiger partial charge in [0.05, 0.1) is 5.75 Å². The highest BCUT2D eigenvalue weighted by Gasteiger charge is 2.12. The van der Waals surface area contributed by atoms with Crippen LogP contribution in [0.2, 0.25) is 0 Å². The topological polar surface area (TPSA) is 49.4 Å². The van der Waals surface area contributed by atoms with Crippen LogP contribution in [0.25, 0.3) is 6.08 Å². The van der Waals surface area contributed by atoms with Crippen LogP contribution in [-0.4, -0.2) is 41.3 Å². The molecule has 0 fully saturated rings. The third-order valence-electron chi connectivity index (χ3n) is 4.02. The Morgan fingerprint density at radius 1 is 1.00 bits per heavy atom. The van der Waals surface area contributed by atoms with Gasteiger partial charge in [-0.1, -0.05) is 42.5 Å². The average Bonchev–Trinajstić information content (AvgIpc) is 2.70. The number of carbonyl (C=O) groups is 2. The molecule has 27 heavy (non-hydrogen) atoms. The molecule has 0 bridgehead atoms. The van der Waals surface area contributed by atoms with Gasteiger partial charge >= 0.3 is 0 Å². The highest BCUT2D eigenvalue weighted by molar-refractivity contribution is 8.00. The van der Waals surface area contributed by atoms with E-state index in [9.17, 15) is 9.59 Å². The molecule has 0 saturated carbocycles. The summed E-state index contributed by atoms with van der Waals surface area (Å²) >= 11 is 1.56. The molecule has 0 saturated heterocycles. The highest BCUT2D eigenvalue weighted by Crippen LogP contribution is 2.13. The molecule has 0 aliphatic rings. The minimum atomic E-state index is -0.0454. The van der Waals surface area contributed by atoms with Crippen molar-refractivity contribution >= 4 is 35.3 Å². The predicted octanol–water partition coefficient (Wildman–Crippen LogP) is 4.55. The minimum absolute atomic E-state index is 0.0126. The van der Waals surface area contributed by atoms with Crippen molar-refractivity contribution in [2.75, 3.05) is 29.9 Å². The van der Waals surface area contributed by atoms with Crippen LogP contribution in [0.3, 0.4) is 0 Å². The van der Waals surface area contributed by atoms with E-state index < -0.39 is 0 Å². The molecule has 2 aromatic rings. The summed E-state index contributed by atoms with van der Waals surface area (Å²) in [5.41, 5.74) is 2.50. The van der Waals surface area contributed by atoms with Crippen LogP contribution in [0, 0.1) is 0 Å². The zero-order chi connectivity index (χ0) is 19.5. The Morgan fingerprint density at radius 3 is 2.30 bits per heavy atom. The van der Waals surface area contributed by atoms with Crippen LogP contribution >= 0.6 is 11.8 Å². The summed E-state index contributed by atoms with van der Waals surface area (Å²) in [6.07, 6.45) is 4.11. The molecule has 2 amide bonds. The van der Waals surface area contributed by atoms with Gasteiger partial charge in [0, 0.05) is 30.1 Å². The van der Waals surface area contributed by atoms with E-state index in [0.717, 1.165) is 11.3 Å². The first-order valence-corrected chi connectivity index (χ1v) is 10.3. The molecule has 0 radical (unpaired) electrons. The smallest absolute Gasteiger partial charge is 0.253 e. The standard InChI is InChI=1S/C22H26N2O2S/c1-3-24(4-2)22(26)19-12-14-20(15-13-19)23-21(25)17-27-16-8-11-18-9-6-5-7-10-18/h5-15H,3-4,16-17H2,1-2H3,(H,23,25)/b11-8+. The molecule has 0 atom stereocenters. The number of nitrogens with zero attached hydrogens (tertiary/aromatic N) is 1. The lowest BCUT2D eigenvalue weighted by atomic mass is 10.2. The lowest BCUT2D eigenvalue weighted by Crippen LogP contribution is -2.30. The number of carbonyl (C=O) groups excluding carboxylic acids is 2. The van der Waals surface area contributed by atoms with Crippen molar-refractivity contribution in [2.45, 2.75) is 13.8 Å². The molecule has 0 heterocycles. The van der Waals surface area contributed by atoms with Gasteiger partial charge < -0.3 is 10.2 Å². The third kappa shape index (κ3) is 6.94. The molecular formula is C22H26N2O2S. The van der Waals surface area contributed by atoms with Crippen molar-refractivity contribution in [1.29, 1.82) is 0 Å². The molecule has 0 unspecified atom stereocenters. The minimum Gasteiger partial charge on any atom is -0.339 e. The summed E-state index contributed by atoms with van der Waals surface area (Å²) in [5, 5.41) is 2.87. The second-order valence-electron chi connectivity index (χ2n) is 5.93. The number of amides is 2. The lowest BCUT2D eigenvalue weighted by Gasteiger charge is -2.18. The van der Waals surface area contributed by atoms with Crippen LogP contribution in [0.1, 0.15) is 29.8 Å². The van der Waals surface area contributed by atoms with Gasteiger partial charge in [-0.2, -0.15) is 0 Å². The van der Waals surface area contributed by atoms with E-state index in [4.69, 9.17) is 0 Å². The Bertz CT molecular complexity index is 754. The number of nitrogens with one attached hydrogen (secondary N) is 1. The Labute approximate surface area is 165 Å².